The number of carbonyl (C=O) groups is 1. The lowest BCUT2D eigenvalue weighted by molar-refractivity contribution is -0.115. The van der Waals surface area contributed by atoms with Crippen molar-refractivity contribution in [2.75, 3.05) is 11.1 Å². The average molecular weight is 463 g/mol. The first kappa shape index (κ1) is 21.2. The molecule has 0 saturated heterocycles. The number of thioether (sulfide) groups is 1. The Hall–Kier alpha value is -2.99. The van der Waals surface area contributed by atoms with Gasteiger partial charge in [-0.25, -0.2) is 9.97 Å². The van der Waals surface area contributed by atoms with Crippen LogP contribution in [0.4, 0.5) is 5.13 Å². The largest absolute Gasteiger partial charge is 0.302 e. The number of nitrogens with one attached hydrogen (secondary N) is 1. The molecule has 1 amide bonds. The van der Waals surface area contributed by atoms with Gasteiger partial charge in [-0.2, -0.15) is 5.26 Å². The first-order valence-electron chi connectivity index (χ1n) is 9.52. The molecule has 0 unspecified atom stereocenters. The zero-order valence-electron chi connectivity index (χ0n) is 16.7. The van der Waals surface area contributed by atoms with E-state index >= 15 is 0 Å². The van der Waals surface area contributed by atoms with E-state index in [9.17, 15) is 10.1 Å². The highest BCUT2D eigenvalue weighted by atomic mass is 32.2. The number of aryl methyl sites for hydroxylation is 1. The summed E-state index contributed by atoms with van der Waals surface area (Å²) in [5.41, 5.74) is 4.39. The summed E-state index contributed by atoms with van der Waals surface area (Å²) < 4.78 is 0. The smallest absolute Gasteiger partial charge is 0.226 e. The number of thiophene rings is 1. The number of nitrogens with zero attached hydrogens (tertiary/aromatic N) is 3. The van der Waals surface area contributed by atoms with Crippen molar-refractivity contribution in [2.24, 2.45) is 0 Å². The van der Waals surface area contributed by atoms with E-state index in [2.05, 4.69) is 21.4 Å². The number of anilines is 1. The molecule has 0 aliphatic heterocycles. The number of nitriles is 1. The van der Waals surface area contributed by atoms with Gasteiger partial charge in [-0.1, -0.05) is 35.9 Å². The van der Waals surface area contributed by atoms with Gasteiger partial charge in [0.25, 0.3) is 0 Å². The quantitative estimate of drug-likeness (QED) is 0.329. The molecule has 3 heterocycles. The van der Waals surface area contributed by atoms with Crippen molar-refractivity contribution in [1.82, 2.24) is 9.97 Å². The molecular formula is C23H18N4OS3. The summed E-state index contributed by atoms with van der Waals surface area (Å²) in [6, 6.07) is 17.9. The normalized spacial score (nSPS) is 10.6. The number of carbonyl (C=O) groups excluding carboxylic acids is 1. The van der Waals surface area contributed by atoms with Crippen LogP contribution in [0.2, 0.25) is 0 Å². The molecule has 0 bridgehead atoms. The summed E-state index contributed by atoms with van der Waals surface area (Å²) in [5.74, 6) is 0.418. The van der Waals surface area contributed by atoms with Crippen LogP contribution >= 0.6 is 34.4 Å². The van der Waals surface area contributed by atoms with Crippen LogP contribution in [0.5, 0.6) is 0 Å². The predicted molar refractivity (Wildman–Crippen MR) is 129 cm³/mol. The maximum absolute atomic E-state index is 12.3. The number of hydrogen-bond donors (Lipinski definition) is 1. The van der Waals surface area contributed by atoms with Crippen molar-refractivity contribution >= 4 is 45.5 Å². The summed E-state index contributed by atoms with van der Waals surface area (Å²) in [6.07, 6.45) is 0.305. The highest BCUT2D eigenvalue weighted by molar-refractivity contribution is 7.99. The van der Waals surface area contributed by atoms with Crippen LogP contribution in [0.25, 0.3) is 21.8 Å². The maximum atomic E-state index is 12.3. The molecule has 0 radical (unpaired) electrons. The number of thiazole rings is 1. The molecular weight excluding hydrogens is 444 g/mol. The van der Waals surface area contributed by atoms with Crippen molar-refractivity contribution in [2.45, 2.75) is 18.4 Å². The van der Waals surface area contributed by atoms with Crippen molar-refractivity contribution in [1.29, 1.82) is 5.26 Å². The molecule has 1 N–H and O–H groups in total. The molecule has 0 atom stereocenters. The Morgan fingerprint density at radius 3 is 2.68 bits per heavy atom. The number of benzene rings is 1. The second-order valence-electron chi connectivity index (χ2n) is 6.69. The molecule has 3 aromatic heterocycles. The molecule has 4 aromatic rings. The molecule has 0 spiro atoms. The zero-order chi connectivity index (χ0) is 21.6. The summed E-state index contributed by atoms with van der Waals surface area (Å²) in [4.78, 5) is 22.5. The molecule has 154 valence electrons. The van der Waals surface area contributed by atoms with Gasteiger partial charge in [-0.05, 0) is 30.5 Å². The van der Waals surface area contributed by atoms with Crippen molar-refractivity contribution in [3.05, 3.63) is 70.4 Å². The van der Waals surface area contributed by atoms with Gasteiger partial charge in [-0.15, -0.1) is 34.4 Å². The van der Waals surface area contributed by atoms with Gasteiger partial charge in [0.2, 0.25) is 5.91 Å². The van der Waals surface area contributed by atoms with Crippen LogP contribution in [0, 0.1) is 18.3 Å². The SMILES string of the molecule is Cc1ccc(-c2ccc(C#N)c(SCCC(=O)Nc3nc(-c4cccs4)cs3)n2)cc1. The van der Waals surface area contributed by atoms with Crippen LogP contribution in [0.15, 0.2) is 64.3 Å². The second kappa shape index (κ2) is 9.88. The number of hydrogen-bond acceptors (Lipinski definition) is 7. The lowest BCUT2D eigenvalue weighted by atomic mass is 10.1. The fourth-order valence-electron chi connectivity index (χ4n) is 2.81. The van der Waals surface area contributed by atoms with Gasteiger partial charge in [-0.3, -0.25) is 4.79 Å². The number of amides is 1. The molecule has 31 heavy (non-hydrogen) atoms. The van der Waals surface area contributed by atoms with Gasteiger partial charge in [0.15, 0.2) is 5.13 Å². The third-order valence-electron chi connectivity index (χ3n) is 4.42. The van der Waals surface area contributed by atoms with Crippen molar-refractivity contribution in [3.8, 4) is 27.9 Å². The number of pyridine rings is 1. The summed E-state index contributed by atoms with van der Waals surface area (Å²) in [5, 5.41) is 17.4. The van der Waals surface area contributed by atoms with E-state index in [1.165, 1.54) is 28.7 Å². The lowest BCUT2D eigenvalue weighted by Gasteiger charge is -2.07. The summed E-state index contributed by atoms with van der Waals surface area (Å²) in [7, 11) is 0. The Balaban J connectivity index is 1.36. The molecule has 0 saturated carbocycles. The molecule has 0 fully saturated rings. The standard InChI is InChI=1S/C23H18N4OS3/c1-15-4-6-16(7-5-15)18-9-8-17(13-24)22(25-18)30-12-10-21(28)27-23-26-19(14-31-23)20-3-2-11-29-20/h2-9,11,14H,10,12H2,1H3,(H,26,27,28). The highest BCUT2D eigenvalue weighted by Gasteiger charge is 2.11. The second-order valence-corrected chi connectivity index (χ2v) is 9.58. The Kier molecular flexibility index (Phi) is 6.77. The fraction of sp³-hybridized carbons (Fsp3) is 0.130. The third kappa shape index (κ3) is 5.39. The molecule has 8 heteroatoms. The number of rotatable bonds is 7. The molecule has 0 aliphatic rings. The van der Waals surface area contributed by atoms with E-state index in [0.29, 0.717) is 27.9 Å². The molecule has 1 aromatic carbocycles. The Morgan fingerprint density at radius 2 is 1.94 bits per heavy atom. The van der Waals surface area contributed by atoms with Crippen LogP contribution < -0.4 is 5.32 Å². The number of aromatic nitrogens is 2. The van der Waals surface area contributed by atoms with E-state index < -0.39 is 0 Å². The fourth-order valence-corrected chi connectivity index (χ4v) is 5.21. The van der Waals surface area contributed by atoms with Gasteiger partial charge in [0.1, 0.15) is 11.1 Å². The van der Waals surface area contributed by atoms with Crippen molar-refractivity contribution < 1.29 is 4.79 Å². The molecule has 0 aliphatic carbocycles. The van der Waals surface area contributed by atoms with Gasteiger partial charge < -0.3 is 5.32 Å². The first-order chi connectivity index (χ1) is 15.1. The molecule has 5 nitrogen and oxygen atoms in total. The molecule has 4 rings (SSSR count). The Morgan fingerprint density at radius 1 is 1.10 bits per heavy atom. The van der Waals surface area contributed by atoms with Crippen molar-refractivity contribution in [3.63, 3.8) is 0 Å². The van der Waals surface area contributed by atoms with Crippen LogP contribution in [-0.4, -0.2) is 21.6 Å². The van der Waals surface area contributed by atoms with Gasteiger partial charge in [0, 0.05) is 23.1 Å². The van der Waals surface area contributed by atoms with E-state index in [4.69, 9.17) is 0 Å². The highest BCUT2D eigenvalue weighted by Crippen LogP contribution is 2.29. The maximum Gasteiger partial charge on any atom is 0.226 e. The summed E-state index contributed by atoms with van der Waals surface area (Å²) in [6.45, 7) is 2.04. The average Bonchev–Trinajstić information content (AvgIpc) is 3.46. The van der Waals surface area contributed by atoms with E-state index in [0.717, 1.165) is 21.8 Å². The summed E-state index contributed by atoms with van der Waals surface area (Å²) >= 11 is 4.45. The van der Waals surface area contributed by atoms with E-state index in [1.807, 2.05) is 60.1 Å². The van der Waals surface area contributed by atoms with Gasteiger partial charge >= 0.3 is 0 Å². The monoisotopic (exact) mass is 462 g/mol. The van der Waals surface area contributed by atoms with Crippen LogP contribution in [0.3, 0.4) is 0 Å². The Labute approximate surface area is 192 Å². The zero-order valence-corrected chi connectivity index (χ0v) is 19.1. The minimum Gasteiger partial charge on any atom is -0.302 e. The Bertz CT molecular complexity index is 1220. The topological polar surface area (TPSA) is 78.7 Å². The lowest BCUT2D eigenvalue weighted by Crippen LogP contribution is -2.12. The predicted octanol–water partition coefficient (Wildman–Crippen LogP) is 6.23. The first-order valence-corrected chi connectivity index (χ1v) is 12.3. The van der Waals surface area contributed by atoms with Gasteiger partial charge in [0.05, 0.1) is 21.8 Å². The minimum absolute atomic E-state index is 0.104. The van der Waals surface area contributed by atoms with E-state index in [1.54, 1.807) is 17.4 Å². The van der Waals surface area contributed by atoms with Crippen LogP contribution in [-0.2, 0) is 4.79 Å². The minimum atomic E-state index is -0.104. The van der Waals surface area contributed by atoms with E-state index in [-0.39, 0.29) is 5.91 Å². The van der Waals surface area contributed by atoms with Crippen LogP contribution in [0.1, 0.15) is 17.5 Å². The third-order valence-corrected chi connectivity index (χ3v) is 7.06.